The van der Waals surface area contributed by atoms with Gasteiger partial charge in [0.15, 0.2) is 0 Å². The van der Waals surface area contributed by atoms with Crippen LogP contribution in [0.3, 0.4) is 0 Å². The minimum atomic E-state index is -0.0779. The fraction of sp³-hybridized carbons (Fsp3) is 0.571. The summed E-state index contributed by atoms with van der Waals surface area (Å²) >= 11 is 3.50. The van der Waals surface area contributed by atoms with E-state index in [-0.39, 0.29) is 11.6 Å². The number of fused-ring (bicyclic) bond motifs is 1. The number of hydrogen-bond donors (Lipinski definition) is 2. The second-order valence-electron chi connectivity index (χ2n) is 5.51. The van der Waals surface area contributed by atoms with Gasteiger partial charge in [-0.05, 0) is 31.2 Å². The molecule has 3 nitrogen and oxygen atoms in total. The molecule has 3 atom stereocenters. The Morgan fingerprint density at radius 3 is 3.11 bits per heavy atom. The standard InChI is InChI=1S/C14H19BrN2O/c1-9-8-17-5-4-14(9)7-12(16)11-6-10(15)2-3-13(11)18-14/h2-3,6,9,12,17H,4-5,7-8,16H2,1H3. The molecule has 1 aromatic rings. The van der Waals surface area contributed by atoms with Crippen molar-refractivity contribution in [1.82, 2.24) is 5.32 Å². The fourth-order valence-electron chi connectivity index (χ4n) is 3.15. The number of rotatable bonds is 0. The van der Waals surface area contributed by atoms with Crippen LogP contribution in [-0.2, 0) is 0 Å². The van der Waals surface area contributed by atoms with Gasteiger partial charge in [-0.2, -0.15) is 0 Å². The van der Waals surface area contributed by atoms with Crippen LogP contribution >= 0.6 is 15.9 Å². The zero-order valence-electron chi connectivity index (χ0n) is 10.6. The quantitative estimate of drug-likeness (QED) is 0.774. The first-order valence-corrected chi connectivity index (χ1v) is 7.35. The van der Waals surface area contributed by atoms with Crippen molar-refractivity contribution in [2.24, 2.45) is 11.7 Å². The maximum atomic E-state index is 6.36. The van der Waals surface area contributed by atoms with Crippen LogP contribution < -0.4 is 15.8 Å². The molecule has 0 radical (unpaired) electrons. The van der Waals surface area contributed by atoms with Crippen molar-refractivity contribution < 1.29 is 4.74 Å². The summed E-state index contributed by atoms with van der Waals surface area (Å²) in [5.41, 5.74) is 7.41. The van der Waals surface area contributed by atoms with Crippen LogP contribution in [0.4, 0.5) is 0 Å². The molecule has 0 saturated carbocycles. The highest BCUT2D eigenvalue weighted by molar-refractivity contribution is 9.10. The van der Waals surface area contributed by atoms with E-state index < -0.39 is 0 Å². The van der Waals surface area contributed by atoms with Gasteiger partial charge in [-0.1, -0.05) is 22.9 Å². The van der Waals surface area contributed by atoms with Gasteiger partial charge in [-0.15, -0.1) is 0 Å². The number of ether oxygens (including phenoxy) is 1. The average molecular weight is 311 g/mol. The predicted molar refractivity (Wildman–Crippen MR) is 75.7 cm³/mol. The summed E-state index contributed by atoms with van der Waals surface area (Å²) < 4.78 is 7.42. The molecule has 0 amide bonds. The highest BCUT2D eigenvalue weighted by atomic mass is 79.9. The van der Waals surface area contributed by atoms with E-state index >= 15 is 0 Å². The number of nitrogens with one attached hydrogen (secondary N) is 1. The summed E-state index contributed by atoms with van der Waals surface area (Å²) in [6, 6.07) is 6.22. The minimum Gasteiger partial charge on any atom is -0.486 e. The van der Waals surface area contributed by atoms with Crippen molar-refractivity contribution >= 4 is 15.9 Å². The summed E-state index contributed by atoms with van der Waals surface area (Å²) in [5, 5.41) is 3.43. The van der Waals surface area contributed by atoms with E-state index in [0.717, 1.165) is 41.7 Å². The van der Waals surface area contributed by atoms with Crippen molar-refractivity contribution in [3.63, 3.8) is 0 Å². The van der Waals surface area contributed by atoms with Crippen molar-refractivity contribution in [3.05, 3.63) is 28.2 Å². The molecule has 1 saturated heterocycles. The second kappa shape index (κ2) is 4.51. The van der Waals surface area contributed by atoms with Gasteiger partial charge < -0.3 is 15.8 Å². The number of piperidine rings is 1. The summed E-state index contributed by atoms with van der Waals surface area (Å²) in [7, 11) is 0. The Hall–Kier alpha value is -0.580. The minimum absolute atomic E-state index is 0.0757. The van der Waals surface area contributed by atoms with E-state index in [4.69, 9.17) is 10.5 Å². The largest absolute Gasteiger partial charge is 0.486 e. The molecule has 3 rings (SSSR count). The van der Waals surface area contributed by atoms with Gasteiger partial charge in [0.05, 0.1) is 0 Å². The lowest BCUT2D eigenvalue weighted by Crippen LogP contribution is -2.55. The van der Waals surface area contributed by atoms with Crippen LogP contribution in [0.25, 0.3) is 0 Å². The molecule has 1 aromatic carbocycles. The maximum absolute atomic E-state index is 6.36. The molecule has 2 aliphatic heterocycles. The molecule has 1 fully saturated rings. The molecular weight excluding hydrogens is 292 g/mol. The Morgan fingerprint density at radius 2 is 2.33 bits per heavy atom. The molecule has 0 aromatic heterocycles. The zero-order valence-corrected chi connectivity index (χ0v) is 12.2. The lowest BCUT2D eigenvalue weighted by molar-refractivity contribution is -0.0335. The summed E-state index contributed by atoms with van der Waals surface area (Å²) in [4.78, 5) is 0. The third kappa shape index (κ3) is 1.96. The van der Waals surface area contributed by atoms with Crippen LogP contribution in [0, 0.1) is 5.92 Å². The van der Waals surface area contributed by atoms with Crippen LogP contribution in [0.5, 0.6) is 5.75 Å². The molecule has 3 N–H and O–H groups in total. The molecule has 18 heavy (non-hydrogen) atoms. The van der Waals surface area contributed by atoms with Crippen LogP contribution in [-0.4, -0.2) is 18.7 Å². The number of hydrogen-bond acceptors (Lipinski definition) is 3. The number of halogens is 1. The Labute approximate surface area is 116 Å². The third-order valence-corrected chi connectivity index (χ3v) is 4.82. The van der Waals surface area contributed by atoms with E-state index in [1.54, 1.807) is 0 Å². The van der Waals surface area contributed by atoms with Crippen molar-refractivity contribution in [2.45, 2.75) is 31.4 Å². The van der Waals surface area contributed by atoms with Gasteiger partial charge in [0.2, 0.25) is 0 Å². The molecule has 2 aliphatic rings. The summed E-state index contributed by atoms with van der Waals surface area (Å²) in [6.45, 7) is 4.28. The van der Waals surface area contributed by atoms with E-state index in [0.29, 0.717) is 5.92 Å². The SMILES string of the molecule is CC1CNCCC12CC(N)c1cc(Br)ccc1O2. The average Bonchev–Trinajstić information content (AvgIpc) is 2.34. The fourth-order valence-corrected chi connectivity index (χ4v) is 3.53. The molecule has 2 heterocycles. The first kappa shape index (κ1) is 12.5. The first-order chi connectivity index (χ1) is 8.61. The molecule has 0 aliphatic carbocycles. The topological polar surface area (TPSA) is 47.3 Å². The second-order valence-corrected chi connectivity index (χ2v) is 6.43. The normalized spacial score (nSPS) is 35.1. The van der Waals surface area contributed by atoms with E-state index in [1.807, 2.05) is 12.1 Å². The van der Waals surface area contributed by atoms with Gasteiger partial charge >= 0.3 is 0 Å². The van der Waals surface area contributed by atoms with Gasteiger partial charge in [-0.25, -0.2) is 0 Å². The Bertz CT molecular complexity index is 465. The summed E-state index contributed by atoms with van der Waals surface area (Å²) in [5.74, 6) is 1.46. The summed E-state index contributed by atoms with van der Waals surface area (Å²) in [6.07, 6.45) is 1.96. The maximum Gasteiger partial charge on any atom is 0.125 e. The van der Waals surface area contributed by atoms with Crippen LogP contribution in [0.15, 0.2) is 22.7 Å². The Kier molecular flexibility index (Phi) is 3.12. The van der Waals surface area contributed by atoms with E-state index in [9.17, 15) is 0 Å². The molecule has 4 heteroatoms. The number of nitrogens with two attached hydrogens (primary N) is 1. The van der Waals surface area contributed by atoms with Crippen LogP contribution in [0.2, 0.25) is 0 Å². The highest BCUT2D eigenvalue weighted by Gasteiger charge is 2.45. The lowest BCUT2D eigenvalue weighted by atomic mass is 9.75. The Morgan fingerprint density at radius 1 is 1.50 bits per heavy atom. The molecule has 98 valence electrons. The highest BCUT2D eigenvalue weighted by Crippen LogP contribution is 2.45. The van der Waals surface area contributed by atoms with E-state index in [1.165, 1.54) is 0 Å². The Balaban J connectivity index is 1.98. The van der Waals surface area contributed by atoms with E-state index in [2.05, 4.69) is 34.2 Å². The van der Waals surface area contributed by atoms with Crippen LogP contribution in [0.1, 0.15) is 31.4 Å². The van der Waals surface area contributed by atoms with Gasteiger partial charge in [0.25, 0.3) is 0 Å². The monoisotopic (exact) mass is 310 g/mol. The number of benzene rings is 1. The first-order valence-electron chi connectivity index (χ1n) is 6.55. The van der Waals surface area contributed by atoms with Gasteiger partial charge in [0, 0.05) is 35.0 Å². The smallest absolute Gasteiger partial charge is 0.125 e. The predicted octanol–water partition coefficient (Wildman–Crippen LogP) is 2.60. The third-order valence-electron chi connectivity index (χ3n) is 4.32. The molecular formula is C14H19BrN2O. The molecule has 3 unspecified atom stereocenters. The van der Waals surface area contributed by atoms with Gasteiger partial charge in [0.1, 0.15) is 11.4 Å². The zero-order chi connectivity index (χ0) is 12.8. The van der Waals surface area contributed by atoms with Gasteiger partial charge in [-0.3, -0.25) is 0 Å². The van der Waals surface area contributed by atoms with Crippen molar-refractivity contribution in [3.8, 4) is 5.75 Å². The molecule has 0 bridgehead atoms. The van der Waals surface area contributed by atoms with Crippen molar-refractivity contribution in [2.75, 3.05) is 13.1 Å². The molecule has 1 spiro atoms. The van der Waals surface area contributed by atoms with Crippen molar-refractivity contribution in [1.29, 1.82) is 0 Å². The lowest BCUT2D eigenvalue weighted by Gasteiger charge is -2.47.